The van der Waals surface area contributed by atoms with Gasteiger partial charge in [0.05, 0.1) is 33.4 Å². The molecule has 1 aromatic carbocycles. The highest BCUT2D eigenvalue weighted by molar-refractivity contribution is 7.15. The Kier molecular flexibility index (Phi) is 6.10. The molecule has 146 valence electrons. The second kappa shape index (κ2) is 8.71. The highest BCUT2D eigenvalue weighted by atomic mass is 32.1. The number of pyridine rings is 1. The number of aryl methyl sites for hydroxylation is 1. The van der Waals surface area contributed by atoms with Gasteiger partial charge in [-0.25, -0.2) is 4.98 Å². The number of nitrogens with one attached hydrogen (secondary N) is 1. The Balaban J connectivity index is 1.77. The van der Waals surface area contributed by atoms with E-state index in [4.69, 9.17) is 14.2 Å². The monoisotopic (exact) mass is 399 g/mol. The van der Waals surface area contributed by atoms with Gasteiger partial charge in [-0.15, -0.1) is 11.3 Å². The molecule has 1 amide bonds. The number of rotatable bonds is 7. The second-order valence-corrected chi connectivity index (χ2v) is 6.99. The fraction of sp³-hybridized carbons (Fsp3) is 0.250. The molecule has 3 aromatic rings. The molecule has 0 atom stereocenters. The molecule has 2 heterocycles. The summed E-state index contributed by atoms with van der Waals surface area (Å²) in [5.74, 6) is 1.27. The van der Waals surface area contributed by atoms with E-state index in [1.54, 1.807) is 24.5 Å². The van der Waals surface area contributed by atoms with Crippen molar-refractivity contribution in [1.29, 1.82) is 0 Å². The Hall–Kier alpha value is -3.13. The summed E-state index contributed by atoms with van der Waals surface area (Å²) in [7, 11) is 4.60. The van der Waals surface area contributed by atoms with E-state index in [1.807, 2.05) is 19.1 Å². The molecule has 2 aromatic heterocycles. The molecule has 0 fully saturated rings. The van der Waals surface area contributed by atoms with Crippen LogP contribution in [0.4, 0.5) is 5.69 Å². The van der Waals surface area contributed by atoms with Gasteiger partial charge >= 0.3 is 0 Å². The Morgan fingerprint density at radius 3 is 2.43 bits per heavy atom. The number of amides is 1. The number of anilines is 1. The van der Waals surface area contributed by atoms with Crippen molar-refractivity contribution >= 4 is 22.9 Å². The number of thiazole rings is 1. The van der Waals surface area contributed by atoms with E-state index >= 15 is 0 Å². The van der Waals surface area contributed by atoms with E-state index in [-0.39, 0.29) is 12.3 Å². The molecule has 28 heavy (non-hydrogen) atoms. The van der Waals surface area contributed by atoms with Gasteiger partial charge < -0.3 is 19.5 Å². The average molecular weight is 399 g/mol. The summed E-state index contributed by atoms with van der Waals surface area (Å²) in [6.07, 6.45) is 3.70. The fourth-order valence-corrected chi connectivity index (χ4v) is 3.76. The summed E-state index contributed by atoms with van der Waals surface area (Å²) in [4.78, 5) is 22.2. The molecular formula is C20H21N3O4S. The lowest BCUT2D eigenvalue weighted by molar-refractivity contribution is -0.115. The predicted octanol–water partition coefficient (Wildman–Crippen LogP) is 3.72. The molecule has 8 heteroatoms. The minimum Gasteiger partial charge on any atom is -0.493 e. The lowest BCUT2D eigenvalue weighted by Crippen LogP contribution is -2.14. The van der Waals surface area contributed by atoms with Crippen molar-refractivity contribution in [3.05, 3.63) is 47.2 Å². The maximum atomic E-state index is 12.6. The van der Waals surface area contributed by atoms with Crippen molar-refractivity contribution in [2.45, 2.75) is 13.3 Å². The lowest BCUT2D eigenvalue weighted by Gasteiger charge is -2.14. The van der Waals surface area contributed by atoms with Crippen molar-refractivity contribution in [1.82, 2.24) is 9.97 Å². The molecular weight excluding hydrogens is 378 g/mol. The van der Waals surface area contributed by atoms with Crippen molar-refractivity contribution in [2.75, 3.05) is 26.6 Å². The van der Waals surface area contributed by atoms with Crippen LogP contribution < -0.4 is 19.5 Å². The summed E-state index contributed by atoms with van der Waals surface area (Å²) in [6, 6.07) is 7.20. The quantitative estimate of drug-likeness (QED) is 0.652. The van der Waals surface area contributed by atoms with Crippen molar-refractivity contribution in [3.8, 4) is 27.8 Å². The summed E-state index contributed by atoms with van der Waals surface area (Å²) in [5, 5.41) is 3.73. The number of nitrogens with zero attached hydrogens (tertiary/aromatic N) is 2. The molecule has 1 N–H and O–H groups in total. The first-order valence-electron chi connectivity index (χ1n) is 8.52. The number of benzene rings is 1. The third kappa shape index (κ3) is 4.23. The number of hydrogen-bond donors (Lipinski definition) is 1. The lowest BCUT2D eigenvalue weighted by atomic mass is 10.2. The summed E-state index contributed by atoms with van der Waals surface area (Å²) < 4.78 is 15.9. The van der Waals surface area contributed by atoms with Gasteiger partial charge in [0.25, 0.3) is 0 Å². The van der Waals surface area contributed by atoms with Gasteiger partial charge in [-0.05, 0) is 19.1 Å². The van der Waals surface area contributed by atoms with Crippen molar-refractivity contribution < 1.29 is 19.0 Å². The number of carbonyl (C=O) groups is 1. The third-order valence-electron chi connectivity index (χ3n) is 4.07. The molecule has 0 spiro atoms. The van der Waals surface area contributed by atoms with Crippen LogP contribution in [0.2, 0.25) is 0 Å². The summed E-state index contributed by atoms with van der Waals surface area (Å²) >= 11 is 1.49. The maximum absolute atomic E-state index is 12.6. The SMILES string of the molecule is COc1cc(NC(=O)Cc2sc(-c3cccnc3)nc2C)cc(OC)c1OC. The van der Waals surface area contributed by atoms with Crippen LogP contribution in [0, 0.1) is 6.92 Å². The van der Waals surface area contributed by atoms with Crippen LogP contribution >= 0.6 is 11.3 Å². The normalized spacial score (nSPS) is 10.4. The van der Waals surface area contributed by atoms with Gasteiger partial charge in [-0.1, -0.05) is 0 Å². The van der Waals surface area contributed by atoms with E-state index < -0.39 is 0 Å². The van der Waals surface area contributed by atoms with Gasteiger partial charge in [0.2, 0.25) is 11.7 Å². The predicted molar refractivity (Wildman–Crippen MR) is 109 cm³/mol. The minimum absolute atomic E-state index is 0.154. The van der Waals surface area contributed by atoms with Crippen molar-refractivity contribution in [2.24, 2.45) is 0 Å². The van der Waals surface area contributed by atoms with E-state index in [0.29, 0.717) is 22.9 Å². The molecule has 3 rings (SSSR count). The van der Waals surface area contributed by atoms with Gasteiger partial charge in [0.1, 0.15) is 5.01 Å². The Labute approximate surface area is 167 Å². The number of hydrogen-bond acceptors (Lipinski definition) is 7. The molecule has 0 radical (unpaired) electrons. The Bertz CT molecular complexity index is 948. The highest BCUT2D eigenvalue weighted by Gasteiger charge is 2.16. The number of ether oxygens (including phenoxy) is 3. The first-order chi connectivity index (χ1) is 13.5. The number of aromatic nitrogens is 2. The first kappa shape index (κ1) is 19.6. The molecule has 0 saturated heterocycles. The second-order valence-electron chi connectivity index (χ2n) is 5.91. The maximum Gasteiger partial charge on any atom is 0.229 e. The number of methoxy groups -OCH3 is 3. The molecule has 0 bridgehead atoms. The first-order valence-corrected chi connectivity index (χ1v) is 9.34. The fourth-order valence-electron chi connectivity index (χ4n) is 2.71. The van der Waals surface area contributed by atoms with Gasteiger partial charge in [-0.2, -0.15) is 0 Å². The summed E-state index contributed by atoms with van der Waals surface area (Å²) in [6.45, 7) is 1.90. The molecule has 0 aliphatic heterocycles. The zero-order valence-electron chi connectivity index (χ0n) is 16.1. The topological polar surface area (TPSA) is 82.6 Å². The van der Waals surface area contributed by atoms with Gasteiger partial charge in [-0.3, -0.25) is 9.78 Å². The smallest absolute Gasteiger partial charge is 0.229 e. The Morgan fingerprint density at radius 1 is 1.14 bits per heavy atom. The van der Waals surface area contributed by atoms with Gasteiger partial charge in [0.15, 0.2) is 11.5 Å². The highest BCUT2D eigenvalue weighted by Crippen LogP contribution is 2.40. The zero-order chi connectivity index (χ0) is 20.1. The van der Waals surface area contributed by atoms with Crippen LogP contribution in [0.5, 0.6) is 17.2 Å². The van der Waals surface area contributed by atoms with Crippen LogP contribution in [-0.2, 0) is 11.2 Å². The third-order valence-corrected chi connectivity index (χ3v) is 5.28. The van der Waals surface area contributed by atoms with Crippen LogP contribution in [0.25, 0.3) is 10.6 Å². The standard InChI is InChI=1S/C20H21N3O4S/c1-12-17(28-20(22-12)13-6-5-7-21-11-13)10-18(24)23-14-8-15(25-2)19(27-4)16(9-14)26-3/h5-9,11H,10H2,1-4H3,(H,23,24). The molecule has 0 saturated carbocycles. The molecule has 0 unspecified atom stereocenters. The van der Waals surface area contributed by atoms with Crippen LogP contribution in [0.1, 0.15) is 10.6 Å². The van der Waals surface area contributed by atoms with E-state index in [0.717, 1.165) is 21.1 Å². The summed E-state index contributed by atoms with van der Waals surface area (Å²) in [5.41, 5.74) is 2.34. The zero-order valence-corrected chi connectivity index (χ0v) is 16.9. The van der Waals surface area contributed by atoms with Crippen LogP contribution in [0.3, 0.4) is 0 Å². The van der Waals surface area contributed by atoms with Gasteiger partial charge in [0, 0.05) is 40.7 Å². The van der Waals surface area contributed by atoms with E-state index in [2.05, 4.69) is 15.3 Å². The number of carbonyl (C=O) groups excluding carboxylic acids is 1. The van der Waals surface area contributed by atoms with E-state index in [9.17, 15) is 4.79 Å². The van der Waals surface area contributed by atoms with Crippen LogP contribution in [-0.4, -0.2) is 37.2 Å². The van der Waals surface area contributed by atoms with E-state index in [1.165, 1.54) is 32.7 Å². The van der Waals surface area contributed by atoms with Crippen LogP contribution in [0.15, 0.2) is 36.7 Å². The molecule has 7 nitrogen and oxygen atoms in total. The Morgan fingerprint density at radius 2 is 1.86 bits per heavy atom. The molecule has 0 aliphatic rings. The average Bonchev–Trinajstić information content (AvgIpc) is 3.08. The largest absolute Gasteiger partial charge is 0.493 e. The molecule has 0 aliphatic carbocycles. The van der Waals surface area contributed by atoms with Crippen molar-refractivity contribution in [3.63, 3.8) is 0 Å². The minimum atomic E-state index is -0.154.